The van der Waals surface area contributed by atoms with Gasteiger partial charge in [0, 0.05) is 32.3 Å². The largest absolute Gasteiger partial charge is 0.478 e. The van der Waals surface area contributed by atoms with Crippen molar-refractivity contribution < 1.29 is 50.6 Å². The Labute approximate surface area is 364 Å². The standard InChI is InChI=1S/C33H90O12Si12/c1-46(2,3)36-54(23,37-47(4,5)6)43-57(44-55(24,38-48(7,8)9)39-49(10,11)12,45-56(25,40-50(13,14)15)41-51(16,17)18)30-29-53(21,22)42-52(19,20)28-26-27-34-31-33-32-35-33/h33H,26-32H2,1-25H3. The molecule has 0 bridgehead atoms. The highest BCUT2D eigenvalue weighted by molar-refractivity contribution is 6.95. The van der Waals surface area contributed by atoms with Crippen molar-refractivity contribution in [3.63, 3.8) is 0 Å². The van der Waals surface area contributed by atoms with Gasteiger partial charge in [0.2, 0.25) is 0 Å². The average molecular weight is 1020 g/mol. The summed E-state index contributed by atoms with van der Waals surface area (Å²) < 4.78 is 84.1. The third kappa shape index (κ3) is 27.8. The molecular formula is C33H90O12Si12. The number of epoxide rings is 1. The van der Waals surface area contributed by atoms with Gasteiger partial charge >= 0.3 is 35.2 Å². The average Bonchev–Trinajstić information content (AvgIpc) is 3.63. The van der Waals surface area contributed by atoms with E-state index in [4.69, 9.17) is 50.6 Å². The fourth-order valence-electron chi connectivity index (χ4n) is 6.87. The zero-order chi connectivity index (χ0) is 45.0. The van der Waals surface area contributed by atoms with Crippen molar-refractivity contribution in [2.75, 3.05) is 19.8 Å². The Kier molecular flexibility index (Phi) is 20.6. The molecule has 1 rings (SSSR count). The van der Waals surface area contributed by atoms with Gasteiger partial charge in [-0.05, 0) is 163 Å². The molecule has 0 saturated carbocycles. The first-order valence-electron chi connectivity index (χ1n) is 21.1. The summed E-state index contributed by atoms with van der Waals surface area (Å²) in [7, 11) is -32.4. The van der Waals surface area contributed by atoms with Crippen LogP contribution in [0.15, 0.2) is 0 Å². The monoisotopic (exact) mass is 1010 g/mol. The zero-order valence-corrected chi connectivity index (χ0v) is 53.4. The molecule has 0 aliphatic carbocycles. The van der Waals surface area contributed by atoms with E-state index in [9.17, 15) is 0 Å². The van der Waals surface area contributed by atoms with E-state index in [0.717, 1.165) is 31.7 Å². The zero-order valence-electron chi connectivity index (χ0n) is 41.4. The summed E-state index contributed by atoms with van der Waals surface area (Å²) in [6.07, 6.45) is 1.25. The molecule has 0 radical (unpaired) electrons. The van der Waals surface area contributed by atoms with Gasteiger partial charge in [0.15, 0.2) is 66.5 Å². The summed E-state index contributed by atoms with van der Waals surface area (Å²) in [5.74, 6) is 0. The van der Waals surface area contributed by atoms with E-state index in [1.165, 1.54) is 0 Å². The predicted octanol–water partition coefficient (Wildman–Crippen LogP) is 11.0. The van der Waals surface area contributed by atoms with Gasteiger partial charge in [-0.15, -0.1) is 0 Å². The fraction of sp³-hybridized carbons (Fsp3) is 1.00. The highest BCUT2D eigenvalue weighted by atomic mass is 28.6. The van der Waals surface area contributed by atoms with Crippen molar-refractivity contribution in [3.8, 4) is 0 Å². The molecule has 0 aromatic rings. The third-order valence-corrected chi connectivity index (χ3v) is 47.9. The van der Waals surface area contributed by atoms with Crippen molar-refractivity contribution in [2.24, 2.45) is 0 Å². The van der Waals surface area contributed by atoms with Gasteiger partial charge in [-0.1, -0.05) is 0 Å². The van der Waals surface area contributed by atoms with Gasteiger partial charge in [0.1, 0.15) is 6.10 Å². The molecule has 0 aromatic carbocycles. The molecule has 1 atom stereocenters. The minimum absolute atomic E-state index is 0.278. The van der Waals surface area contributed by atoms with Crippen LogP contribution in [0.1, 0.15) is 6.42 Å². The number of rotatable bonds is 29. The molecule has 342 valence electrons. The molecule has 12 nitrogen and oxygen atoms in total. The highest BCUT2D eigenvalue weighted by Crippen LogP contribution is 2.39. The molecule has 0 amide bonds. The molecule has 1 heterocycles. The van der Waals surface area contributed by atoms with Crippen LogP contribution in [0.2, 0.25) is 182 Å². The van der Waals surface area contributed by atoms with E-state index in [-0.39, 0.29) is 6.10 Å². The van der Waals surface area contributed by atoms with Crippen LogP contribution in [-0.4, -0.2) is 128 Å². The summed E-state index contributed by atoms with van der Waals surface area (Å²) in [6, 6.07) is 2.20. The van der Waals surface area contributed by atoms with Crippen molar-refractivity contribution in [1.82, 2.24) is 0 Å². The lowest BCUT2D eigenvalue weighted by atomic mass is 10.5. The van der Waals surface area contributed by atoms with Crippen molar-refractivity contribution in [1.29, 1.82) is 0 Å². The van der Waals surface area contributed by atoms with Gasteiger partial charge in [-0.25, -0.2) is 0 Å². The third-order valence-electron chi connectivity index (χ3n) is 7.33. The molecule has 57 heavy (non-hydrogen) atoms. The predicted molar refractivity (Wildman–Crippen MR) is 266 cm³/mol. The lowest BCUT2D eigenvalue weighted by Crippen LogP contribution is -2.71. The van der Waals surface area contributed by atoms with Crippen LogP contribution >= 0.6 is 0 Å². The molecule has 0 N–H and O–H groups in total. The minimum Gasteiger partial charge on any atom is -0.456 e. The van der Waals surface area contributed by atoms with E-state index in [1.54, 1.807) is 0 Å². The summed E-state index contributed by atoms with van der Waals surface area (Å²) in [4.78, 5) is 0. The van der Waals surface area contributed by atoms with Crippen LogP contribution in [0.25, 0.3) is 0 Å². The topological polar surface area (TPSA) is 114 Å². The normalized spacial score (nSPS) is 17.7. The van der Waals surface area contributed by atoms with Gasteiger partial charge in [0.25, 0.3) is 0 Å². The van der Waals surface area contributed by atoms with Crippen LogP contribution in [-0.2, 0) is 50.6 Å². The molecule has 1 aliphatic rings. The molecular weight excluding hydrogens is 925 g/mol. The van der Waals surface area contributed by atoms with Gasteiger partial charge in [0.05, 0.1) is 13.2 Å². The highest BCUT2D eigenvalue weighted by Gasteiger charge is 2.63. The Bertz CT molecular complexity index is 1080. The molecule has 1 aliphatic heterocycles. The molecule has 1 saturated heterocycles. The molecule has 0 spiro atoms. The quantitative estimate of drug-likeness (QED) is 0.0404. The maximum absolute atomic E-state index is 7.69. The second kappa shape index (κ2) is 20.5. The summed E-state index contributed by atoms with van der Waals surface area (Å²) in [5, 5.41) is 0. The Morgan fingerprint density at radius 2 is 0.649 bits per heavy atom. The Hall–Kier alpha value is 2.12. The first-order valence-corrected chi connectivity index (χ1v) is 56.3. The van der Waals surface area contributed by atoms with Crippen molar-refractivity contribution >= 4 is 102 Å². The van der Waals surface area contributed by atoms with E-state index < -0.39 is 102 Å². The van der Waals surface area contributed by atoms with Crippen LogP contribution in [0.4, 0.5) is 0 Å². The second-order valence-corrected chi connectivity index (χ2v) is 71.7. The first-order chi connectivity index (χ1) is 24.9. The van der Waals surface area contributed by atoms with Gasteiger partial charge in [-0.3, -0.25) is 0 Å². The SMILES string of the molecule is C[Si](C)(C)O[Si](C)(O[Si](C)(C)C)O[Si](CC[Si](C)(C)O[Si](C)(C)CCCOCC1CO1)(O[Si](C)(O[Si](C)(C)C)O[Si](C)(C)C)O[Si](C)(O[Si](C)(C)C)O[Si](C)(C)C. The maximum Gasteiger partial charge on any atom is 0.478 e. The number of ether oxygens (including phenoxy) is 2. The van der Waals surface area contributed by atoms with Gasteiger partial charge < -0.3 is 50.6 Å². The first kappa shape index (κ1) is 57.1. The summed E-state index contributed by atoms with van der Waals surface area (Å²) in [6.45, 7) is 57.0. The smallest absolute Gasteiger partial charge is 0.456 e. The molecule has 0 aromatic heterocycles. The van der Waals surface area contributed by atoms with E-state index in [1.807, 2.05) is 19.6 Å². The Balaban J connectivity index is 4.09. The fourth-order valence-corrected chi connectivity index (χ4v) is 59.5. The maximum atomic E-state index is 7.69. The summed E-state index contributed by atoms with van der Waals surface area (Å²) in [5.41, 5.74) is 0. The van der Waals surface area contributed by atoms with E-state index >= 15 is 0 Å². The number of hydrogen-bond acceptors (Lipinski definition) is 12. The number of hydrogen-bond donors (Lipinski definition) is 0. The lowest BCUT2D eigenvalue weighted by Gasteiger charge is -2.49. The van der Waals surface area contributed by atoms with Crippen LogP contribution in [0, 0.1) is 0 Å². The van der Waals surface area contributed by atoms with E-state index in [2.05, 4.69) is 144 Å². The second-order valence-electron chi connectivity index (χ2n) is 23.1. The van der Waals surface area contributed by atoms with E-state index in [0.29, 0.717) is 12.7 Å². The van der Waals surface area contributed by atoms with Gasteiger partial charge in [-0.2, -0.15) is 0 Å². The van der Waals surface area contributed by atoms with Crippen molar-refractivity contribution in [2.45, 2.75) is 194 Å². The Morgan fingerprint density at radius 1 is 0.368 bits per heavy atom. The molecule has 1 unspecified atom stereocenters. The lowest BCUT2D eigenvalue weighted by molar-refractivity contribution is 0.116. The van der Waals surface area contributed by atoms with Crippen molar-refractivity contribution in [3.05, 3.63) is 0 Å². The molecule has 1 fully saturated rings. The minimum atomic E-state index is -4.02. The van der Waals surface area contributed by atoms with Crippen LogP contribution in [0.3, 0.4) is 0 Å². The Morgan fingerprint density at radius 3 is 0.912 bits per heavy atom. The molecule has 24 heteroatoms. The van der Waals surface area contributed by atoms with Crippen LogP contribution in [0.5, 0.6) is 0 Å². The summed E-state index contributed by atoms with van der Waals surface area (Å²) >= 11 is 0. The van der Waals surface area contributed by atoms with Crippen LogP contribution < -0.4 is 0 Å².